The predicted octanol–water partition coefficient (Wildman–Crippen LogP) is 4.65. The van der Waals surface area contributed by atoms with Crippen molar-refractivity contribution in [3.8, 4) is 5.75 Å². The molecule has 0 heterocycles. The molecule has 100 valence electrons. The Morgan fingerprint density at radius 1 is 0.900 bits per heavy atom. The van der Waals surface area contributed by atoms with Gasteiger partial charge < -0.3 is 4.74 Å². The molecule has 0 aliphatic heterocycles. The third kappa shape index (κ3) is 2.83. The predicted molar refractivity (Wildman–Crippen MR) is 83.8 cm³/mol. The summed E-state index contributed by atoms with van der Waals surface area (Å²) in [4.78, 5) is 0. The van der Waals surface area contributed by atoms with Crippen molar-refractivity contribution in [3.05, 3.63) is 83.4 Å². The van der Waals surface area contributed by atoms with Crippen LogP contribution in [0.2, 0.25) is 0 Å². The molecule has 0 saturated carbocycles. The van der Waals surface area contributed by atoms with Gasteiger partial charge in [0.1, 0.15) is 5.75 Å². The molecule has 3 rings (SSSR count). The molecule has 0 unspecified atom stereocenters. The minimum atomic E-state index is 0.914. The highest BCUT2D eigenvalue weighted by atomic mass is 16.5. The van der Waals surface area contributed by atoms with E-state index in [0.29, 0.717) is 0 Å². The minimum absolute atomic E-state index is 0.914. The number of ether oxygens (including phenoxy) is 1. The lowest BCUT2D eigenvalue weighted by Gasteiger charge is -2.07. The van der Waals surface area contributed by atoms with Crippen LogP contribution in [0.4, 0.5) is 0 Å². The van der Waals surface area contributed by atoms with Crippen LogP contribution in [-0.2, 0) is 6.42 Å². The molecule has 2 aromatic rings. The topological polar surface area (TPSA) is 9.23 Å². The van der Waals surface area contributed by atoms with E-state index in [2.05, 4.69) is 54.6 Å². The van der Waals surface area contributed by atoms with Crippen molar-refractivity contribution >= 4 is 5.57 Å². The normalized spacial score (nSPS) is 13.8. The zero-order chi connectivity index (χ0) is 13.8. The maximum absolute atomic E-state index is 5.19. The zero-order valence-corrected chi connectivity index (χ0v) is 11.7. The van der Waals surface area contributed by atoms with Crippen LogP contribution in [0.25, 0.3) is 5.57 Å². The first-order valence-electron chi connectivity index (χ1n) is 6.92. The second-order valence-electron chi connectivity index (χ2n) is 5.08. The van der Waals surface area contributed by atoms with E-state index in [0.717, 1.165) is 18.6 Å². The van der Waals surface area contributed by atoms with Crippen molar-refractivity contribution in [2.75, 3.05) is 7.11 Å². The van der Waals surface area contributed by atoms with Gasteiger partial charge in [-0.15, -0.1) is 0 Å². The van der Waals surface area contributed by atoms with E-state index in [-0.39, 0.29) is 0 Å². The van der Waals surface area contributed by atoms with Gasteiger partial charge in [0.25, 0.3) is 0 Å². The lowest BCUT2D eigenvalue weighted by molar-refractivity contribution is 0.414. The van der Waals surface area contributed by atoms with Crippen molar-refractivity contribution in [1.29, 1.82) is 0 Å². The molecule has 0 fully saturated rings. The molecule has 0 aromatic heterocycles. The van der Waals surface area contributed by atoms with Crippen LogP contribution in [-0.4, -0.2) is 7.11 Å². The highest BCUT2D eigenvalue weighted by molar-refractivity contribution is 5.72. The van der Waals surface area contributed by atoms with Gasteiger partial charge in [-0.05, 0) is 41.7 Å². The molecule has 2 aromatic carbocycles. The van der Waals surface area contributed by atoms with Gasteiger partial charge in [-0.3, -0.25) is 0 Å². The molecule has 0 atom stereocenters. The Morgan fingerprint density at radius 2 is 1.65 bits per heavy atom. The van der Waals surface area contributed by atoms with Gasteiger partial charge in [-0.25, -0.2) is 0 Å². The Kier molecular flexibility index (Phi) is 3.69. The van der Waals surface area contributed by atoms with Gasteiger partial charge in [0.15, 0.2) is 0 Å². The maximum atomic E-state index is 5.19. The average molecular weight is 262 g/mol. The summed E-state index contributed by atoms with van der Waals surface area (Å²) in [7, 11) is 1.70. The van der Waals surface area contributed by atoms with E-state index < -0.39 is 0 Å². The Hall–Kier alpha value is -2.28. The van der Waals surface area contributed by atoms with Gasteiger partial charge in [-0.2, -0.15) is 0 Å². The maximum Gasteiger partial charge on any atom is 0.118 e. The van der Waals surface area contributed by atoms with E-state index >= 15 is 0 Å². The van der Waals surface area contributed by atoms with Crippen molar-refractivity contribution in [1.82, 2.24) is 0 Å². The fourth-order valence-electron chi connectivity index (χ4n) is 2.56. The van der Waals surface area contributed by atoms with Crippen molar-refractivity contribution in [2.24, 2.45) is 0 Å². The summed E-state index contributed by atoms with van der Waals surface area (Å²) in [6, 6.07) is 18.9. The van der Waals surface area contributed by atoms with Crippen LogP contribution in [0.1, 0.15) is 17.5 Å². The zero-order valence-electron chi connectivity index (χ0n) is 11.7. The second kappa shape index (κ2) is 5.79. The van der Waals surface area contributed by atoms with Crippen molar-refractivity contribution in [3.63, 3.8) is 0 Å². The smallest absolute Gasteiger partial charge is 0.118 e. The lowest BCUT2D eigenvalue weighted by atomic mass is 9.99. The van der Waals surface area contributed by atoms with Crippen LogP contribution in [0.15, 0.2) is 72.3 Å². The van der Waals surface area contributed by atoms with Crippen LogP contribution < -0.4 is 4.74 Å². The summed E-state index contributed by atoms with van der Waals surface area (Å²) in [6.07, 6.45) is 6.56. The first-order valence-corrected chi connectivity index (χ1v) is 6.92. The third-order valence-corrected chi connectivity index (χ3v) is 3.67. The molecular weight excluding hydrogens is 244 g/mol. The largest absolute Gasteiger partial charge is 0.497 e. The molecule has 1 heteroatoms. The fourth-order valence-corrected chi connectivity index (χ4v) is 2.56. The molecular formula is C19H18O. The molecule has 20 heavy (non-hydrogen) atoms. The summed E-state index contributed by atoms with van der Waals surface area (Å²) < 4.78 is 5.19. The van der Waals surface area contributed by atoms with E-state index in [1.165, 1.54) is 22.3 Å². The highest BCUT2D eigenvalue weighted by Crippen LogP contribution is 2.30. The molecule has 1 nitrogen and oxygen atoms in total. The Morgan fingerprint density at radius 3 is 2.35 bits per heavy atom. The van der Waals surface area contributed by atoms with Crippen molar-refractivity contribution in [2.45, 2.75) is 12.8 Å². The lowest BCUT2D eigenvalue weighted by Crippen LogP contribution is -1.90. The second-order valence-corrected chi connectivity index (χ2v) is 5.08. The third-order valence-electron chi connectivity index (χ3n) is 3.67. The monoisotopic (exact) mass is 262 g/mol. The summed E-state index contributed by atoms with van der Waals surface area (Å²) in [5.74, 6) is 0.914. The minimum Gasteiger partial charge on any atom is -0.497 e. The molecule has 0 radical (unpaired) electrons. The molecule has 0 spiro atoms. The van der Waals surface area contributed by atoms with Gasteiger partial charge in [0, 0.05) is 0 Å². The van der Waals surface area contributed by atoms with Gasteiger partial charge in [0.2, 0.25) is 0 Å². The standard InChI is InChI=1S/C19H18O/c1-20-19-11-8-15(9-12-19)13-16-7-10-18(14-16)17-5-3-2-4-6-17/h2-12H,13-14H2,1H3. The SMILES string of the molecule is COc1ccc(CC2=CC=C(c3ccccc3)C2)cc1. The number of methoxy groups -OCH3 is 1. The van der Waals surface area contributed by atoms with Crippen LogP contribution in [0.3, 0.4) is 0 Å². The van der Waals surface area contributed by atoms with E-state index in [4.69, 9.17) is 4.74 Å². The summed E-state index contributed by atoms with van der Waals surface area (Å²) in [5.41, 5.74) is 5.54. The van der Waals surface area contributed by atoms with Crippen LogP contribution in [0.5, 0.6) is 5.75 Å². The van der Waals surface area contributed by atoms with Crippen molar-refractivity contribution < 1.29 is 4.74 Å². The number of benzene rings is 2. The highest BCUT2D eigenvalue weighted by Gasteiger charge is 2.10. The number of hydrogen-bond donors (Lipinski definition) is 0. The van der Waals surface area contributed by atoms with Crippen LogP contribution in [0, 0.1) is 0 Å². The number of rotatable bonds is 4. The molecule has 1 aliphatic carbocycles. The van der Waals surface area contributed by atoms with E-state index in [1.54, 1.807) is 7.11 Å². The Balaban J connectivity index is 1.64. The molecule has 0 N–H and O–H groups in total. The Bertz CT molecular complexity index is 633. The fraction of sp³-hybridized carbons (Fsp3) is 0.158. The first kappa shape index (κ1) is 12.7. The molecule has 0 bridgehead atoms. The van der Waals surface area contributed by atoms with E-state index in [1.807, 2.05) is 12.1 Å². The van der Waals surface area contributed by atoms with E-state index in [9.17, 15) is 0 Å². The summed E-state index contributed by atoms with van der Waals surface area (Å²) >= 11 is 0. The molecule has 0 saturated heterocycles. The summed E-state index contributed by atoms with van der Waals surface area (Å²) in [6.45, 7) is 0. The van der Waals surface area contributed by atoms with Crippen LogP contribution >= 0.6 is 0 Å². The number of allylic oxidation sites excluding steroid dienone is 4. The molecule has 0 amide bonds. The first-order chi connectivity index (χ1) is 9.85. The van der Waals surface area contributed by atoms with Gasteiger partial charge in [0.05, 0.1) is 7.11 Å². The number of hydrogen-bond acceptors (Lipinski definition) is 1. The average Bonchev–Trinajstić information content (AvgIpc) is 2.97. The van der Waals surface area contributed by atoms with Gasteiger partial charge in [-0.1, -0.05) is 60.2 Å². The summed E-state index contributed by atoms with van der Waals surface area (Å²) in [5, 5.41) is 0. The van der Waals surface area contributed by atoms with Gasteiger partial charge >= 0.3 is 0 Å². The molecule has 1 aliphatic rings. The quantitative estimate of drug-likeness (QED) is 0.779. The Labute approximate surface area is 120 Å².